The van der Waals surface area contributed by atoms with Crippen molar-refractivity contribution in [2.24, 2.45) is 0 Å². The molecule has 0 unspecified atom stereocenters. The maximum Gasteiger partial charge on any atom is 0.323 e. The lowest BCUT2D eigenvalue weighted by molar-refractivity contribution is -0.135. The van der Waals surface area contributed by atoms with Crippen LogP contribution < -0.4 is 4.90 Å². The number of rotatable bonds is 5. The minimum absolute atomic E-state index is 0.141. The number of benzene rings is 1. The van der Waals surface area contributed by atoms with Gasteiger partial charge in [-0.05, 0) is 25.0 Å². The third-order valence-corrected chi connectivity index (χ3v) is 3.33. The highest BCUT2D eigenvalue weighted by Gasteiger charge is 2.30. The fourth-order valence-electron chi connectivity index (χ4n) is 2.11. The Bertz CT molecular complexity index is 661. The molecule has 6 heteroatoms. The standard InChI is InChI=1S/C15H14N2O4/c18-14(19)9-17(11-4-2-1-3-5-11)15(20)12-8-13(21-16-12)10-6-7-10/h1-5,8,10H,6-7,9H2,(H,18,19). The fraction of sp³-hybridized carbons (Fsp3) is 0.267. The van der Waals surface area contributed by atoms with Crippen molar-refractivity contribution in [3.05, 3.63) is 47.9 Å². The predicted octanol–water partition coefficient (Wildman–Crippen LogP) is 2.28. The van der Waals surface area contributed by atoms with Crippen LogP contribution in [0.4, 0.5) is 5.69 Å². The van der Waals surface area contributed by atoms with Gasteiger partial charge in [-0.2, -0.15) is 0 Å². The molecule has 6 nitrogen and oxygen atoms in total. The first-order valence-corrected chi connectivity index (χ1v) is 6.70. The third kappa shape index (κ3) is 2.94. The topological polar surface area (TPSA) is 83.6 Å². The molecule has 1 heterocycles. The molecule has 1 N–H and O–H groups in total. The van der Waals surface area contributed by atoms with E-state index in [0.29, 0.717) is 17.4 Å². The van der Waals surface area contributed by atoms with Crippen LogP contribution in [0.15, 0.2) is 40.9 Å². The Morgan fingerprint density at radius 2 is 2.00 bits per heavy atom. The van der Waals surface area contributed by atoms with Crippen molar-refractivity contribution in [2.45, 2.75) is 18.8 Å². The van der Waals surface area contributed by atoms with Crippen LogP contribution in [0.5, 0.6) is 0 Å². The average Bonchev–Trinajstić information content (AvgIpc) is 3.22. The largest absolute Gasteiger partial charge is 0.480 e. The number of carboxylic acid groups (broad SMARTS) is 1. The molecule has 1 aliphatic rings. The molecule has 1 saturated carbocycles. The smallest absolute Gasteiger partial charge is 0.323 e. The Morgan fingerprint density at radius 1 is 1.29 bits per heavy atom. The molecule has 0 radical (unpaired) electrons. The molecule has 0 spiro atoms. The summed E-state index contributed by atoms with van der Waals surface area (Å²) in [6.45, 7) is -0.422. The van der Waals surface area contributed by atoms with Crippen molar-refractivity contribution in [3.63, 3.8) is 0 Å². The number of amides is 1. The number of anilines is 1. The molecule has 0 aliphatic heterocycles. The van der Waals surface area contributed by atoms with Gasteiger partial charge in [-0.25, -0.2) is 0 Å². The molecule has 3 rings (SSSR count). The van der Waals surface area contributed by atoms with E-state index in [0.717, 1.165) is 12.8 Å². The predicted molar refractivity (Wildman–Crippen MR) is 74.2 cm³/mol. The molecule has 21 heavy (non-hydrogen) atoms. The molecule has 1 fully saturated rings. The van der Waals surface area contributed by atoms with Gasteiger partial charge in [0, 0.05) is 17.7 Å². The second kappa shape index (κ2) is 5.40. The van der Waals surface area contributed by atoms with Gasteiger partial charge in [0.25, 0.3) is 5.91 Å². The number of carbonyl (C=O) groups excluding carboxylic acids is 1. The van der Waals surface area contributed by atoms with Gasteiger partial charge in [-0.1, -0.05) is 23.4 Å². The van der Waals surface area contributed by atoms with Crippen LogP contribution in [0.2, 0.25) is 0 Å². The third-order valence-electron chi connectivity index (χ3n) is 3.33. The summed E-state index contributed by atoms with van der Waals surface area (Å²) in [5.74, 6) is -0.511. The second-order valence-corrected chi connectivity index (χ2v) is 5.01. The number of aliphatic carboxylic acids is 1. The molecule has 0 saturated heterocycles. The van der Waals surface area contributed by atoms with Gasteiger partial charge in [-0.3, -0.25) is 14.5 Å². The van der Waals surface area contributed by atoms with E-state index in [2.05, 4.69) is 5.16 Å². The summed E-state index contributed by atoms with van der Waals surface area (Å²) in [6.07, 6.45) is 2.08. The Labute approximate surface area is 121 Å². The molecule has 108 valence electrons. The number of carbonyl (C=O) groups is 2. The van der Waals surface area contributed by atoms with Crippen LogP contribution in [0.25, 0.3) is 0 Å². The van der Waals surface area contributed by atoms with Crippen LogP contribution in [0.1, 0.15) is 35.0 Å². The van der Waals surface area contributed by atoms with Crippen molar-refractivity contribution in [2.75, 3.05) is 11.4 Å². The van der Waals surface area contributed by atoms with Gasteiger partial charge in [0.2, 0.25) is 0 Å². The van der Waals surface area contributed by atoms with Crippen molar-refractivity contribution >= 4 is 17.6 Å². The zero-order chi connectivity index (χ0) is 14.8. The van der Waals surface area contributed by atoms with Crippen LogP contribution >= 0.6 is 0 Å². The summed E-state index contributed by atoms with van der Waals surface area (Å²) in [7, 11) is 0. The summed E-state index contributed by atoms with van der Waals surface area (Å²) in [4.78, 5) is 24.7. The minimum Gasteiger partial charge on any atom is -0.480 e. The summed E-state index contributed by atoms with van der Waals surface area (Å²) in [5.41, 5.74) is 0.655. The van der Waals surface area contributed by atoms with Crippen molar-refractivity contribution in [1.82, 2.24) is 5.16 Å². The summed E-state index contributed by atoms with van der Waals surface area (Å²) in [6, 6.07) is 10.3. The maximum atomic E-state index is 12.5. The highest BCUT2D eigenvalue weighted by molar-refractivity contribution is 6.07. The van der Waals surface area contributed by atoms with E-state index < -0.39 is 18.4 Å². The number of para-hydroxylation sites is 1. The first-order valence-electron chi connectivity index (χ1n) is 6.70. The van der Waals surface area contributed by atoms with Gasteiger partial charge in [0.1, 0.15) is 12.3 Å². The summed E-state index contributed by atoms with van der Waals surface area (Å²) >= 11 is 0. The molecular formula is C15H14N2O4. The highest BCUT2D eigenvalue weighted by atomic mass is 16.5. The van der Waals surface area contributed by atoms with Gasteiger partial charge in [0.05, 0.1) is 0 Å². The molecule has 2 aromatic rings. The number of nitrogens with zero attached hydrogens (tertiary/aromatic N) is 2. The quantitative estimate of drug-likeness (QED) is 0.911. The van der Waals surface area contributed by atoms with Crippen molar-refractivity contribution in [3.8, 4) is 0 Å². The molecule has 1 aromatic carbocycles. The molecule has 0 atom stereocenters. The Kier molecular flexibility index (Phi) is 3.43. The first kappa shape index (κ1) is 13.4. The van der Waals surface area contributed by atoms with E-state index in [1.54, 1.807) is 36.4 Å². The van der Waals surface area contributed by atoms with E-state index >= 15 is 0 Å². The maximum absolute atomic E-state index is 12.5. The lowest BCUT2D eigenvalue weighted by Gasteiger charge is -2.19. The molecule has 0 bridgehead atoms. The van der Waals surface area contributed by atoms with Gasteiger partial charge < -0.3 is 9.63 Å². The highest BCUT2D eigenvalue weighted by Crippen LogP contribution is 2.40. The molecule has 1 aromatic heterocycles. The average molecular weight is 286 g/mol. The van der Waals surface area contributed by atoms with Crippen LogP contribution in [0.3, 0.4) is 0 Å². The minimum atomic E-state index is -1.09. The fourth-order valence-corrected chi connectivity index (χ4v) is 2.11. The Hall–Kier alpha value is -2.63. The molecule has 1 amide bonds. The van der Waals surface area contributed by atoms with Crippen LogP contribution in [-0.4, -0.2) is 28.7 Å². The van der Waals surface area contributed by atoms with Crippen molar-refractivity contribution < 1.29 is 19.2 Å². The number of hydrogen-bond acceptors (Lipinski definition) is 4. The van der Waals surface area contributed by atoms with E-state index in [-0.39, 0.29) is 5.69 Å². The number of aromatic nitrogens is 1. The van der Waals surface area contributed by atoms with E-state index in [9.17, 15) is 9.59 Å². The van der Waals surface area contributed by atoms with E-state index in [1.807, 2.05) is 0 Å². The zero-order valence-corrected chi connectivity index (χ0v) is 11.2. The summed E-state index contributed by atoms with van der Waals surface area (Å²) < 4.78 is 5.16. The van der Waals surface area contributed by atoms with Gasteiger partial charge >= 0.3 is 5.97 Å². The number of hydrogen-bond donors (Lipinski definition) is 1. The second-order valence-electron chi connectivity index (χ2n) is 5.01. The zero-order valence-electron chi connectivity index (χ0n) is 11.2. The van der Waals surface area contributed by atoms with Crippen LogP contribution in [-0.2, 0) is 4.79 Å². The first-order chi connectivity index (χ1) is 10.1. The van der Waals surface area contributed by atoms with Gasteiger partial charge in [0.15, 0.2) is 5.69 Å². The van der Waals surface area contributed by atoms with E-state index in [4.69, 9.17) is 9.63 Å². The lowest BCUT2D eigenvalue weighted by Crippen LogP contribution is -2.35. The SMILES string of the molecule is O=C(O)CN(C(=O)c1cc(C2CC2)on1)c1ccccc1. The van der Waals surface area contributed by atoms with E-state index in [1.165, 1.54) is 4.90 Å². The molecular weight excluding hydrogens is 272 g/mol. The summed E-state index contributed by atoms with van der Waals surface area (Å²) in [5, 5.41) is 12.8. The normalized spacial score (nSPS) is 13.9. The van der Waals surface area contributed by atoms with Gasteiger partial charge in [-0.15, -0.1) is 0 Å². The van der Waals surface area contributed by atoms with Crippen LogP contribution in [0, 0.1) is 0 Å². The number of carboxylic acids is 1. The van der Waals surface area contributed by atoms with Crippen molar-refractivity contribution in [1.29, 1.82) is 0 Å². The molecule has 1 aliphatic carbocycles. The monoisotopic (exact) mass is 286 g/mol. The Balaban J connectivity index is 1.87. The Morgan fingerprint density at radius 3 is 2.62 bits per heavy atom. The lowest BCUT2D eigenvalue weighted by atomic mass is 10.2.